The molecule has 0 radical (unpaired) electrons. The van der Waals surface area contributed by atoms with Gasteiger partial charge in [-0.15, -0.1) is 0 Å². The van der Waals surface area contributed by atoms with E-state index in [1.165, 1.54) is 12.1 Å². The second-order valence-electron chi connectivity index (χ2n) is 6.66. The van der Waals surface area contributed by atoms with Crippen LogP contribution in [0.1, 0.15) is 24.7 Å². The number of benzene rings is 2. The van der Waals surface area contributed by atoms with Gasteiger partial charge < -0.3 is 14.7 Å². The van der Waals surface area contributed by atoms with E-state index in [1.54, 1.807) is 29.2 Å². The number of amides is 2. The van der Waals surface area contributed by atoms with Gasteiger partial charge in [-0.2, -0.15) is 4.98 Å². The van der Waals surface area contributed by atoms with E-state index in [9.17, 15) is 9.18 Å². The van der Waals surface area contributed by atoms with Crippen LogP contribution in [-0.2, 0) is 0 Å². The number of hydrogen-bond acceptors (Lipinski definition) is 4. The maximum atomic E-state index is 13.1. The predicted octanol–water partition coefficient (Wildman–Crippen LogP) is 4.94. The molecular weight excluding hydrogens is 383 g/mol. The molecule has 0 saturated carbocycles. The average molecular weight is 401 g/mol. The molecule has 28 heavy (non-hydrogen) atoms. The summed E-state index contributed by atoms with van der Waals surface area (Å²) >= 11 is 6.11. The lowest BCUT2D eigenvalue weighted by Crippen LogP contribution is -2.41. The van der Waals surface area contributed by atoms with Crippen molar-refractivity contribution >= 4 is 23.3 Å². The van der Waals surface area contributed by atoms with Crippen LogP contribution in [0.15, 0.2) is 53.1 Å². The molecule has 1 N–H and O–H groups in total. The summed E-state index contributed by atoms with van der Waals surface area (Å²) in [5.41, 5.74) is 1.26. The Hall–Kier alpha value is -2.93. The SMILES string of the molecule is O=C(Nc1ccccc1Cl)N1CCCC(c2nc(-c3ccc(F)cc3)no2)C1. The normalized spacial score (nSPS) is 16.8. The number of rotatable bonds is 3. The zero-order valence-corrected chi connectivity index (χ0v) is 15.7. The third-order valence-corrected chi connectivity index (χ3v) is 5.05. The number of piperidine rings is 1. The Labute approximate surface area is 166 Å². The van der Waals surface area contributed by atoms with Crippen LogP contribution in [0, 0.1) is 5.82 Å². The van der Waals surface area contributed by atoms with E-state index in [2.05, 4.69) is 15.5 Å². The fourth-order valence-corrected chi connectivity index (χ4v) is 3.42. The fraction of sp³-hybridized carbons (Fsp3) is 0.250. The van der Waals surface area contributed by atoms with Gasteiger partial charge in [0.05, 0.1) is 16.6 Å². The van der Waals surface area contributed by atoms with Gasteiger partial charge in [0.2, 0.25) is 11.7 Å². The number of urea groups is 1. The Bertz CT molecular complexity index is 976. The molecule has 144 valence electrons. The van der Waals surface area contributed by atoms with Gasteiger partial charge in [0, 0.05) is 18.7 Å². The second kappa shape index (κ2) is 7.98. The van der Waals surface area contributed by atoms with E-state index in [0.29, 0.717) is 41.1 Å². The molecular formula is C20H18ClFN4O2. The molecule has 0 bridgehead atoms. The molecule has 0 aliphatic carbocycles. The van der Waals surface area contributed by atoms with Crippen LogP contribution in [0.3, 0.4) is 0 Å². The third-order valence-electron chi connectivity index (χ3n) is 4.72. The number of hydrogen-bond donors (Lipinski definition) is 1. The van der Waals surface area contributed by atoms with Gasteiger partial charge in [-0.1, -0.05) is 28.9 Å². The van der Waals surface area contributed by atoms with Crippen molar-refractivity contribution in [1.82, 2.24) is 15.0 Å². The van der Waals surface area contributed by atoms with E-state index in [-0.39, 0.29) is 17.8 Å². The molecule has 6 nitrogen and oxygen atoms in total. The van der Waals surface area contributed by atoms with Gasteiger partial charge >= 0.3 is 6.03 Å². The minimum atomic E-state index is -0.320. The maximum Gasteiger partial charge on any atom is 0.321 e. The molecule has 1 saturated heterocycles. The molecule has 0 spiro atoms. The molecule has 2 aromatic carbocycles. The molecule has 1 atom stereocenters. The van der Waals surface area contributed by atoms with Crippen LogP contribution in [0.5, 0.6) is 0 Å². The number of likely N-dealkylation sites (tertiary alicyclic amines) is 1. The highest BCUT2D eigenvalue weighted by Gasteiger charge is 2.29. The van der Waals surface area contributed by atoms with E-state index in [0.717, 1.165) is 12.8 Å². The number of nitrogens with zero attached hydrogens (tertiary/aromatic N) is 3. The fourth-order valence-electron chi connectivity index (χ4n) is 3.24. The van der Waals surface area contributed by atoms with Gasteiger partial charge in [-0.05, 0) is 49.2 Å². The van der Waals surface area contributed by atoms with Gasteiger partial charge in [-0.25, -0.2) is 9.18 Å². The lowest BCUT2D eigenvalue weighted by Gasteiger charge is -2.31. The van der Waals surface area contributed by atoms with Crippen molar-refractivity contribution in [2.24, 2.45) is 0 Å². The van der Waals surface area contributed by atoms with Crippen molar-refractivity contribution in [2.45, 2.75) is 18.8 Å². The molecule has 2 heterocycles. The number of anilines is 1. The summed E-state index contributed by atoms with van der Waals surface area (Å²) in [6, 6.07) is 12.8. The van der Waals surface area contributed by atoms with Crippen molar-refractivity contribution in [1.29, 1.82) is 0 Å². The number of halogens is 2. The molecule has 1 unspecified atom stereocenters. The lowest BCUT2D eigenvalue weighted by molar-refractivity contribution is 0.184. The molecule has 1 aromatic heterocycles. The number of nitrogens with one attached hydrogen (secondary N) is 1. The summed E-state index contributed by atoms with van der Waals surface area (Å²) in [4.78, 5) is 18.8. The third kappa shape index (κ3) is 3.99. The molecule has 8 heteroatoms. The smallest absolute Gasteiger partial charge is 0.321 e. The first kappa shape index (κ1) is 18.4. The first-order valence-electron chi connectivity index (χ1n) is 9.00. The minimum absolute atomic E-state index is 0.0487. The quantitative estimate of drug-likeness (QED) is 0.675. The average Bonchev–Trinajstić information content (AvgIpc) is 3.21. The van der Waals surface area contributed by atoms with Crippen LogP contribution in [-0.4, -0.2) is 34.2 Å². The number of aromatic nitrogens is 2. The predicted molar refractivity (Wildman–Crippen MR) is 104 cm³/mol. The Morgan fingerprint density at radius 1 is 1.21 bits per heavy atom. The van der Waals surface area contributed by atoms with Gasteiger partial charge in [-0.3, -0.25) is 0 Å². The summed E-state index contributed by atoms with van der Waals surface area (Å²) < 4.78 is 18.5. The molecule has 2 amide bonds. The minimum Gasteiger partial charge on any atom is -0.339 e. The lowest BCUT2D eigenvalue weighted by atomic mass is 9.98. The highest BCUT2D eigenvalue weighted by Crippen LogP contribution is 2.28. The molecule has 3 aromatic rings. The zero-order valence-electron chi connectivity index (χ0n) is 14.9. The summed E-state index contributed by atoms with van der Waals surface area (Å²) in [5, 5.41) is 7.33. The highest BCUT2D eigenvalue weighted by molar-refractivity contribution is 6.33. The van der Waals surface area contributed by atoms with Gasteiger partial charge in [0.25, 0.3) is 0 Å². The van der Waals surface area contributed by atoms with Crippen LogP contribution >= 0.6 is 11.6 Å². The Kier molecular flexibility index (Phi) is 5.25. The van der Waals surface area contributed by atoms with Gasteiger partial charge in [0.15, 0.2) is 0 Å². The summed E-state index contributed by atoms with van der Waals surface area (Å²) in [6.07, 6.45) is 1.68. The van der Waals surface area contributed by atoms with Crippen molar-refractivity contribution in [3.05, 3.63) is 65.3 Å². The Morgan fingerprint density at radius 2 is 2.00 bits per heavy atom. The molecule has 1 aliphatic heterocycles. The summed E-state index contributed by atoms with van der Waals surface area (Å²) in [5.74, 6) is 0.523. The monoisotopic (exact) mass is 400 g/mol. The maximum absolute atomic E-state index is 13.1. The number of para-hydroxylation sites is 1. The van der Waals surface area contributed by atoms with E-state index < -0.39 is 0 Å². The van der Waals surface area contributed by atoms with Crippen molar-refractivity contribution in [2.75, 3.05) is 18.4 Å². The number of carbonyl (C=O) groups excluding carboxylic acids is 1. The van der Waals surface area contributed by atoms with Crippen molar-refractivity contribution < 1.29 is 13.7 Å². The van der Waals surface area contributed by atoms with E-state index in [4.69, 9.17) is 16.1 Å². The van der Waals surface area contributed by atoms with Crippen molar-refractivity contribution in [3.8, 4) is 11.4 Å². The van der Waals surface area contributed by atoms with Gasteiger partial charge in [0.1, 0.15) is 5.82 Å². The summed E-state index contributed by atoms with van der Waals surface area (Å²) in [6.45, 7) is 1.12. The van der Waals surface area contributed by atoms with Crippen LogP contribution < -0.4 is 5.32 Å². The largest absolute Gasteiger partial charge is 0.339 e. The Morgan fingerprint density at radius 3 is 2.79 bits per heavy atom. The second-order valence-corrected chi connectivity index (χ2v) is 7.07. The van der Waals surface area contributed by atoms with Crippen LogP contribution in [0.25, 0.3) is 11.4 Å². The first-order chi connectivity index (χ1) is 13.6. The first-order valence-corrected chi connectivity index (χ1v) is 9.38. The Balaban J connectivity index is 1.44. The molecule has 4 rings (SSSR count). The van der Waals surface area contributed by atoms with Crippen LogP contribution in [0.2, 0.25) is 5.02 Å². The standard InChI is InChI=1S/C20H18ClFN4O2/c21-16-5-1-2-6-17(16)23-20(27)26-11-3-4-14(12-26)19-24-18(25-28-19)13-7-9-15(22)10-8-13/h1-2,5-10,14H,3-4,11-12H2,(H,23,27). The van der Waals surface area contributed by atoms with Crippen molar-refractivity contribution in [3.63, 3.8) is 0 Å². The van der Waals surface area contributed by atoms with Crippen LogP contribution in [0.4, 0.5) is 14.9 Å². The zero-order chi connectivity index (χ0) is 19.5. The topological polar surface area (TPSA) is 71.3 Å². The number of carbonyl (C=O) groups is 1. The molecule has 1 aliphatic rings. The molecule has 1 fully saturated rings. The van der Waals surface area contributed by atoms with E-state index >= 15 is 0 Å². The highest BCUT2D eigenvalue weighted by atomic mass is 35.5. The summed E-state index contributed by atoms with van der Waals surface area (Å²) in [7, 11) is 0. The van der Waals surface area contributed by atoms with E-state index in [1.807, 2.05) is 12.1 Å².